The minimum atomic E-state index is -0.815. The molecule has 1 nitrogen and oxygen atoms in total. The number of halogens is 5. The molecule has 0 atom stereocenters. The Morgan fingerprint density at radius 3 is 1.94 bits per heavy atom. The van der Waals surface area contributed by atoms with Crippen LogP contribution in [-0.4, -0.2) is 4.98 Å². The zero-order valence-corrected chi connectivity index (χ0v) is 10.4. The first-order valence-corrected chi connectivity index (χ1v) is 5.58. The molecule has 1 aromatic heterocycles. The van der Waals surface area contributed by atoms with Crippen LogP contribution in [0.5, 0.6) is 0 Å². The average molecular weight is 295 g/mol. The fourth-order valence-electron chi connectivity index (χ4n) is 1.38. The fourth-order valence-corrected chi connectivity index (χ4v) is 2.02. The molecule has 2 aromatic rings. The second-order valence-electron chi connectivity index (χ2n) is 3.22. The van der Waals surface area contributed by atoms with Crippen molar-refractivity contribution in [1.29, 1.82) is 0 Å². The van der Waals surface area contributed by atoms with Crippen molar-refractivity contribution in [2.24, 2.45) is 0 Å². The first-order valence-electron chi connectivity index (χ1n) is 4.44. The molecule has 0 fully saturated rings. The molecular weight excluding hydrogens is 290 g/mol. The number of hydrogen-bond acceptors (Lipinski definition) is 1. The maximum absolute atomic E-state index is 13.5. The van der Waals surface area contributed by atoms with Crippen LogP contribution in [0.3, 0.4) is 0 Å². The number of aromatic nitrogens is 1. The van der Waals surface area contributed by atoms with Crippen molar-refractivity contribution in [3.05, 3.63) is 51.2 Å². The van der Waals surface area contributed by atoms with Crippen molar-refractivity contribution in [1.82, 2.24) is 4.98 Å². The number of hydrogen-bond donors (Lipinski definition) is 0. The van der Waals surface area contributed by atoms with E-state index in [0.717, 1.165) is 12.4 Å². The summed E-state index contributed by atoms with van der Waals surface area (Å²) in [7, 11) is 0. The van der Waals surface area contributed by atoms with Gasteiger partial charge in [0.2, 0.25) is 0 Å². The highest BCUT2D eigenvalue weighted by Gasteiger charge is 2.16. The van der Waals surface area contributed by atoms with Crippen LogP contribution >= 0.6 is 34.8 Å². The van der Waals surface area contributed by atoms with E-state index in [1.165, 1.54) is 12.1 Å². The lowest BCUT2D eigenvalue weighted by molar-refractivity contribution is 0.579. The lowest BCUT2D eigenvalue weighted by atomic mass is 10.1. The highest BCUT2D eigenvalue weighted by Crippen LogP contribution is 2.37. The number of nitrogens with zero attached hydrogens (tertiary/aromatic N) is 1. The standard InChI is InChI=1S/C11H4Cl3F2N/c12-6-2-8(14)7(13)1-5(6)11-9(15)3-17-4-10(11)16/h1-4H. The van der Waals surface area contributed by atoms with Gasteiger partial charge in [-0.1, -0.05) is 34.8 Å². The van der Waals surface area contributed by atoms with E-state index in [1.807, 2.05) is 0 Å². The monoisotopic (exact) mass is 293 g/mol. The second-order valence-corrected chi connectivity index (χ2v) is 4.45. The van der Waals surface area contributed by atoms with Crippen LogP contribution in [0.2, 0.25) is 15.1 Å². The first-order chi connectivity index (χ1) is 8.00. The Hall–Kier alpha value is -0.900. The van der Waals surface area contributed by atoms with Crippen LogP contribution in [0.4, 0.5) is 8.78 Å². The van der Waals surface area contributed by atoms with E-state index in [4.69, 9.17) is 34.8 Å². The van der Waals surface area contributed by atoms with Gasteiger partial charge in [0.1, 0.15) is 0 Å². The molecule has 0 spiro atoms. The lowest BCUT2D eigenvalue weighted by Gasteiger charge is -2.08. The van der Waals surface area contributed by atoms with Gasteiger partial charge in [-0.05, 0) is 12.1 Å². The van der Waals surface area contributed by atoms with Gasteiger partial charge in [-0.2, -0.15) is 0 Å². The largest absolute Gasteiger partial charge is 0.259 e. The molecule has 0 N–H and O–H groups in total. The molecule has 0 bridgehead atoms. The van der Waals surface area contributed by atoms with Crippen molar-refractivity contribution in [3.63, 3.8) is 0 Å². The van der Waals surface area contributed by atoms with Crippen LogP contribution in [0.15, 0.2) is 24.5 Å². The van der Waals surface area contributed by atoms with Gasteiger partial charge in [0.15, 0.2) is 11.6 Å². The summed E-state index contributed by atoms with van der Waals surface area (Å²) in [6, 6.07) is 2.65. The van der Waals surface area contributed by atoms with Crippen LogP contribution in [0.1, 0.15) is 0 Å². The number of pyridine rings is 1. The Kier molecular flexibility index (Phi) is 3.52. The summed E-state index contributed by atoms with van der Waals surface area (Å²) in [6.45, 7) is 0. The topological polar surface area (TPSA) is 12.9 Å². The summed E-state index contributed by atoms with van der Waals surface area (Å²) in [5.41, 5.74) is -0.137. The minimum absolute atomic E-state index is 0.114. The molecule has 0 radical (unpaired) electrons. The van der Waals surface area contributed by atoms with Crippen molar-refractivity contribution in [3.8, 4) is 11.1 Å². The maximum Gasteiger partial charge on any atom is 0.152 e. The van der Waals surface area contributed by atoms with Crippen LogP contribution in [0.25, 0.3) is 11.1 Å². The van der Waals surface area contributed by atoms with Gasteiger partial charge in [-0.25, -0.2) is 8.78 Å². The highest BCUT2D eigenvalue weighted by atomic mass is 35.5. The summed E-state index contributed by atoms with van der Waals surface area (Å²) >= 11 is 17.4. The van der Waals surface area contributed by atoms with Gasteiger partial charge >= 0.3 is 0 Å². The fraction of sp³-hybridized carbons (Fsp3) is 0. The Bertz CT molecular complexity index is 567. The molecular formula is C11H4Cl3F2N. The Labute approximate surface area is 111 Å². The molecule has 2 rings (SSSR count). The Morgan fingerprint density at radius 2 is 1.35 bits per heavy atom. The lowest BCUT2D eigenvalue weighted by Crippen LogP contribution is -1.92. The van der Waals surface area contributed by atoms with E-state index < -0.39 is 11.6 Å². The predicted octanol–water partition coefficient (Wildman–Crippen LogP) is 4.99. The normalized spacial score (nSPS) is 10.6. The molecule has 0 unspecified atom stereocenters. The van der Waals surface area contributed by atoms with Crippen molar-refractivity contribution in [2.75, 3.05) is 0 Å². The molecule has 0 aliphatic heterocycles. The van der Waals surface area contributed by atoms with Gasteiger partial charge in [-0.15, -0.1) is 0 Å². The summed E-state index contributed by atoms with van der Waals surface area (Å²) < 4.78 is 27.0. The van der Waals surface area contributed by atoms with E-state index in [-0.39, 0.29) is 26.2 Å². The van der Waals surface area contributed by atoms with Crippen molar-refractivity contribution in [2.45, 2.75) is 0 Å². The van der Waals surface area contributed by atoms with Gasteiger partial charge in [0.05, 0.1) is 33.0 Å². The third kappa shape index (κ3) is 2.37. The number of rotatable bonds is 1. The third-order valence-electron chi connectivity index (χ3n) is 2.13. The van der Waals surface area contributed by atoms with E-state index in [2.05, 4.69) is 4.98 Å². The van der Waals surface area contributed by atoms with Crippen LogP contribution in [-0.2, 0) is 0 Å². The quantitative estimate of drug-likeness (QED) is 0.675. The zero-order valence-electron chi connectivity index (χ0n) is 8.15. The van der Waals surface area contributed by atoms with Gasteiger partial charge < -0.3 is 0 Å². The third-order valence-corrected chi connectivity index (χ3v) is 3.17. The van der Waals surface area contributed by atoms with E-state index in [1.54, 1.807) is 0 Å². The Morgan fingerprint density at radius 1 is 0.824 bits per heavy atom. The summed E-state index contributed by atoms with van der Waals surface area (Å²) in [4.78, 5) is 3.39. The van der Waals surface area contributed by atoms with Crippen molar-refractivity contribution >= 4 is 34.8 Å². The second kappa shape index (κ2) is 4.77. The molecule has 0 aliphatic rings. The van der Waals surface area contributed by atoms with Gasteiger partial charge in [0.25, 0.3) is 0 Å². The molecule has 0 amide bonds. The molecule has 0 saturated heterocycles. The SMILES string of the molecule is Fc1cncc(F)c1-c1cc(Cl)c(Cl)cc1Cl. The predicted molar refractivity (Wildman–Crippen MR) is 64.6 cm³/mol. The maximum atomic E-state index is 13.5. The van der Waals surface area contributed by atoms with E-state index in [0.29, 0.717) is 0 Å². The van der Waals surface area contributed by atoms with E-state index >= 15 is 0 Å². The molecule has 6 heteroatoms. The zero-order chi connectivity index (χ0) is 12.6. The molecule has 88 valence electrons. The number of benzene rings is 1. The molecule has 0 aliphatic carbocycles. The molecule has 17 heavy (non-hydrogen) atoms. The van der Waals surface area contributed by atoms with Gasteiger partial charge in [0, 0.05) is 5.56 Å². The highest BCUT2D eigenvalue weighted by molar-refractivity contribution is 6.44. The van der Waals surface area contributed by atoms with Crippen molar-refractivity contribution < 1.29 is 8.78 Å². The molecule has 0 saturated carbocycles. The van der Waals surface area contributed by atoms with Crippen LogP contribution in [0, 0.1) is 11.6 Å². The van der Waals surface area contributed by atoms with E-state index in [9.17, 15) is 8.78 Å². The van der Waals surface area contributed by atoms with Gasteiger partial charge in [-0.3, -0.25) is 4.98 Å². The summed E-state index contributed by atoms with van der Waals surface area (Å²) in [5, 5.41) is 0.500. The summed E-state index contributed by atoms with van der Waals surface area (Å²) in [5.74, 6) is -1.63. The molecule has 1 heterocycles. The molecule has 1 aromatic carbocycles. The average Bonchev–Trinajstić information content (AvgIpc) is 2.25. The summed E-state index contributed by atoms with van der Waals surface area (Å²) in [6.07, 6.45) is 1.80. The smallest absolute Gasteiger partial charge is 0.152 e. The van der Waals surface area contributed by atoms with Crippen LogP contribution < -0.4 is 0 Å². The minimum Gasteiger partial charge on any atom is -0.259 e. The first kappa shape index (κ1) is 12.6. The Balaban J connectivity index is 2.73.